The predicted molar refractivity (Wildman–Crippen MR) is 47.9 cm³/mol. The SMILES string of the molecule is CC(C)(N)CC(=O)NCC(F)(F)CO. The minimum Gasteiger partial charge on any atom is -0.390 e. The summed E-state index contributed by atoms with van der Waals surface area (Å²) in [6, 6.07) is 0. The lowest BCUT2D eigenvalue weighted by Gasteiger charge is -2.19. The molecule has 6 heteroatoms. The molecular formula is C8H16F2N2O2. The standard InChI is InChI=1S/C8H16F2N2O2/c1-7(2,11)3-6(14)12-4-8(9,10)5-13/h13H,3-5,11H2,1-2H3,(H,12,14). The fourth-order valence-electron chi connectivity index (χ4n) is 0.760. The summed E-state index contributed by atoms with van der Waals surface area (Å²) in [7, 11) is 0. The Morgan fingerprint density at radius 1 is 1.50 bits per heavy atom. The van der Waals surface area contributed by atoms with Crippen molar-refractivity contribution in [3.05, 3.63) is 0 Å². The first-order chi connectivity index (χ1) is 6.16. The van der Waals surface area contributed by atoms with E-state index in [0.717, 1.165) is 0 Å². The van der Waals surface area contributed by atoms with Crippen molar-refractivity contribution >= 4 is 5.91 Å². The summed E-state index contributed by atoms with van der Waals surface area (Å²) in [4.78, 5) is 11.0. The molecule has 4 nitrogen and oxygen atoms in total. The molecule has 0 aliphatic rings. The Morgan fingerprint density at radius 3 is 2.36 bits per heavy atom. The highest BCUT2D eigenvalue weighted by Crippen LogP contribution is 2.10. The quantitative estimate of drug-likeness (QED) is 0.591. The van der Waals surface area contributed by atoms with Crippen LogP contribution in [0.15, 0.2) is 0 Å². The Balaban J connectivity index is 3.87. The number of nitrogens with one attached hydrogen (secondary N) is 1. The fraction of sp³-hybridized carbons (Fsp3) is 0.875. The summed E-state index contributed by atoms with van der Waals surface area (Å²) in [6.45, 7) is 1.10. The van der Waals surface area contributed by atoms with Crippen LogP contribution in [-0.4, -0.2) is 35.6 Å². The van der Waals surface area contributed by atoms with Gasteiger partial charge in [0, 0.05) is 12.0 Å². The van der Waals surface area contributed by atoms with Gasteiger partial charge in [-0.2, -0.15) is 0 Å². The molecule has 0 atom stereocenters. The van der Waals surface area contributed by atoms with Gasteiger partial charge in [-0.1, -0.05) is 0 Å². The molecule has 84 valence electrons. The maximum atomic E-state index is 12.5. The van der Waals surface area contributed by atoms with Crippen molar-refractivity contribution in [3.63, 3.8) is 0 Å². The number of rotatable bonds is 5. The average Bonchev–Trinajstić information content (AvgIpc) is 1.98. The zero-order chi connectivity index (χ0) is 11.4. The second-order valence-electron chi connectivity index (χ2n) is 3.96. The van der Waals surface area contributed by atoms with Crippen LogP contribution in [0.5, 0.6) is 0 Å². The molecule has 0 aromatic heterocycles. The van der Waals surface area contributed by atoms with Crippen LogP contribution in [0.25, 0.3) is 0 Å². The van der Waals surface area contributed by atoms with Crippen molar-refractivity contribution in [1.82, 2.24) is 5.32 Å². The first kappa shape index (κ1) is 13.2. The van der Waals surface area contributed by atoms with E-state index >= 15 is 0 Å². The van der Waals surface area contributed by atoms with E-state index in [1.807, 2.05) is 5.32 Å². The highest BCUT2D eigenvalue weighted by Gasteiger charge is 2.28. The van der Waals surface area contributed by atoms with Gasteiger partial charge in [-0.25, -0.2) is 8.78 Å². The third-order valence-corrected chi connectivity index (χ3v) is 1.39. The van der Waals surface area contributed by atoms with Crippen LogP contribution in [0.4, 0.5) is 8.78 Å². The Hall–Kier alpha value is -0.750. The Bertz CT molecular complexity index is 202. The summed E-state index contributed by atoms with van der Waals surface area (Å²) in [6.07, 6.45) is -0.0332. The largest absolute Gasteiger partial charge is 0.390 e. The highest BCUT2D eigenvalue weighted by molar-refractivity contribution is 5.77. The molecule has 0 unspecified atom stereocenters. The van der Waals surface area contributed by atoms with Gasteiger partial charge in [-0.3, -0.25) is 4.79 Å². The van der Waals surface area contributed by atoms with Crippen LogP contribution in [0.2, 0.25) is 0 Å². The minimum atomic E-state index is -3.27. The lowest BCUT2D eigenvalue weighted by molar-refractivity contribution is -0.124. The summed E-state index contributed by atoms with van der Waals surface area (Å²) >= 11 is 0. The van der Waals surface area contributed by atoms with Crippen molar-refractivity contribution < 1.29 is 18.7 Å². The third-order valence-electron chi connectivity index (χ3n) is 1.39. The van der Waals surface area contributed by atoms with Gasteiger partial charge in [0.2, 0.25) is 5.91 Å². The van der Waals surface area contributed by atoms with Crippen molar-refractivity contribution in [3.8, 4) is 0 Å². The first-order valence-electron chi connectivity index (χ1n) is 4.20. The van der Waals surface area contributed by atoms with Crippen LogP contribution in [0, 0.1) is 0 Å². The number of carbonyl (C=O) groups excluding carboxylic acids is 1. The smallest absolute Gasteiger partial charge is 0.287 e. The van der Waals surface area contributed by atoms with Gasteiger partial charge in [-0.15, -0.1) is 0 Å². The zero-order valence-corrected chi connectivity index (χ0v) is 8.31. The van der Waals surface area contributed by atoms with E-state index in [1.54, 1.807) is 13.8 Å². The van der Waals surface area contributed by atoms with E-state index in [4.69, 9.17) is 10.8 Å². The van der Waals surface area contributed by atoms with Crippen LogP contribution < -0.4 is 11.1 Å². The molecule has 14 heavy (non-hydrogen) atoms. The van der Waals surface area contributed by atoms with Gasteiger partial charge < -0.3 is 16.2 Å². The van der Waals surface area contributed by atoms with E-state index in [0.29, 0.717) is 0 Å². The molecule has 0 fully saturated rings. The van der Waals surface area contributed by atoms with E-state index in [2.05, 4.69) is 0 Å². The van der Waals surface area contributed by atoms with E-state index in [9.17, 15) is 13.6 Å². The average molecular weight is 210 g/mol. The summed E-state index contributed by atoms with van der Waals surface area (Å²) in [5, 5.41) is 10.2. The maximum Gasteiger partial charge on any atom is 0.287 e. The number of carbonyl (C=O) groups is 1. The first-order valence-corrected chi connectivity index (χ1v) is 4.20. The van der Waals surface area contributed by atoms with Crippen molar-refractivity contribution in [2.75, 3.05) is 13.2 Å². The number of amides is 1. The zero-order valence-electron chi connectivity index (χ0n) is 8.31. The third kappa shape index (κ3) is 6.73. The van der Waals surface area contributed by atoms with Crippen molar-refractivity contribution in [2.24, 2.45) is 5.73 Å². The van der Waals surface area contributed by atoms with Crippen LogP contribution in [0.1, 0.15) is 20.3 Å². The fourth-order valence-corrected chi connectivity index (χ4v) is 0.760. The monoisotopic (exact) mass is 210 g/mol. The second-order valence-corrected chi connectivity index (χ2v) is 3.96. The molecule has 0 heterocycles. The van der Waals surface area contributed by atoms with Gasteiger partial charge in [0.15, 0.2) is 0 Å². The number of aliphatic hydroxyl groups is 1. The number of hydrogen-bond acceptors (Lipinski definition) is 3. The Morgan fingerprint density at radius 2 is 2.00 bits per heavy atom. The second kappa shape index (κ2) is 4.65. The highest BCUT2D eigenvalue weighted by atomic mass is 19.3. The number of alkyl halides is 2. The van der Waals surface area contributed by atoms with E-state index in [1.165, 1.54) is 0 Å². The van der Waals surface area contributed by atoms with Gasteiger partial charge in [0.25, 0.3) is 5.92 Å². The molecule has 0 saturated heterocycles. The normalized spacial score (nSPS) is 12.7. The Labute approximate surface area is 81.5 Å². The molecular weight excluding hydrogens is 194 g/mol. The van der Waals surface area contributed by atoms with Gasteiger partial charge in [-0.05, 0) is 13.8 Å². The van der Waals surface area contributed by atoms with Crippen LogP contribution >= 0.6 is 0 Å². The van der Waals surface area contributed by atoms with Gasteiger partial charge >= 0.3 is 0 Å². The topological polar surface area (TPSA) is 75.4 Å². The van der Waals surface area contributed by atoms with Gasteiger partial charge in [0.1, 0.15) is 6.61 Å². The molecule has 0 aromatic carbocycles. The molecule has 0 rings (SSSR count). The number of hydrogen-bond donors (Lipinski definition) is 3. The number of nitrogens with two attached hydrogens (primary N) is 1. The predicted octanol–water partition coefficient (Wildman–Crippen LogP) is -0.142. The molecule has 0 aliphatic carbocycles. The minimum absolute atomic E-state index is 0.0332. The summed E-state index contributed by atoms with van der Waals surface area (Å²) in [5.74, 6) is -3.82. The summed E-state index contributed by atoms with van der Waals surface area (Å²) < 4.78 is 24.9. The van der Waals surface area contributed by atoms with E-state index < -0.39 is 30.5 Å². The van der Waals surface area contributed by atoms with Crippen molar-refractivity contribution in [2.45, 2.75) is 31.7 Å². The van der Waals surface area contributed by atoms with Gasteiger partial charge in [0.05, 0.1) is 6.54 Å². The summed E-state index contributed by atoms with van der Waals surface area (Å²) in [5.41, 5.74) is 4.79. The number of aliphatic hydroxyl groups excluding tert-OH is 1. The molecule has 0 aliphatic heterocycles. The molecule has 0 spiro atoms. The molecule has 0 radical (unpaired) electrons. The van der Waals surface area contributed by atoms with Crippen LogP contribution in [0.3, 0.4) is 0 Å². The molecule has 0 aromatic rings. The lowest BCUT2D eigenvalue weighted by atomic mass is 10.0. The van der Waals surface area contributed by atoms with Crippen molar-refractivity contribution in [1.29, 1.82) is 0 Å². The Kier molecular flexibility index (Phi) is 4.41. The lowest BCUT2D eigenvalue weighted by Crippen LogP contribution is -2.43. The molecule has 1 amide bonds. The van der Waals surface area contributed by atoms with E-state index in [-0.39, 0.29) is 6.42 Å². The molecule has 0 saturated carbocycles. The van der Waals surface area contributed by atoms with Crippen LogP contribution in [-0.2, 0) is 4.79 Å². The molecule has 0 bridgehead atoms. The number of halogens is 2. The molecule has 4 N–H and O–H groups in total. The maximum absolute atomic E-state index is 12.5.